The van der Waals surface area contributed by atoms with Gasteiger partial charge in [0.1, 0.15) is 6.23 Å². The van der Waals surface area contributed by atoms with Crippen LogP contribution in [0.4, 0.5) is 0 Å². The summed E-state index contributed by atoms with van der Waals surface area (Å²) in [6.07, 6.45) is -3.23. The van der Waals surface area contributed by atoms with Crippen molar-refractivity contribution in [3.8, 4) is 0 Å². The molecule has 1 aliphatic heterocycles. The number of phosphoric acid groups is 3. The van der Waals surface area contributed by atoms with Gasteiger partial charge < -0.3 is 29.4 Å². The van der Waals surface area contributed by atoms with E-state index < -0.39 is 59.8 Å². The van der Waals surface area contributed by atoms with E-state index in [0.717, 1.165) is 10.8 Å². The summed E-state index contributed by atoms with van der Waals surface area (Å²) in [4.78, 5) is 60.5. The SMILES string of the molecule is Cc1cn(C2CC([O-])C(COP(=O)(O)OP(=O)(O)OP(=O)(O)O)O2)c(=O)[nH]c1=O.[Na+]. The van der Waals surface area contributed by atoms with Gasteiger partial charge in [0, 0.05) is 11.8 Å². The number of aryl methyl sites for hydroxylation is 1. The molecule has 166 valence electrons. The van der Waals surface area contributed by atoms with Crippen molar-refractivity contribution in [1.29, 1.82) is 0 Å². The van der Waals surface area contributed by atoms with Crippen molar-refractivity contribution in [1.82, 2.24) is 9.55 Å². The van der Waals surface area contributed by atoms with Crippen LogP contribution in [0.15, 0.2) is 15.8 Å². The molecule has 5 atom stereocenters. The van der Waals surface area contributed by atoms with E-state index >= 15 is 0 Å². The number of nitrogens with one attached hydrogen (secondary N) is 1. The van der Waals surface area contributed by atoms with Gasteiger partial charge in [-0.05, 0) is 13.3 Å². The molecule has 0 spiro atoms. The van der Waals surface area contributed by atoms with Gasteiger partial charge in [0.05, 0.1) is 12.7 Å². The third-order valence-corrected chi connectivity index (χ3v) is 7.26. The Balaban J connectivity index is 0.00000450. The molecule has 0 radical (unpaired) electrons. The first-order valence-corrected chi connectivity index (χ1v) is 12.0. The van der Waals surface area contributed by atoms with Crippen molar-refractivity contribution in [3.63, 3.8) is 0 Å². The topological polar surface area (TPSA) is 247 Å². The number of hydrogen-bond acceptors (Lipinski definition) is 10. The van der Waals surface area contributed by atoms with E-state index in [-0.39, 0.29) is 41.5 Å². The van der Waals surface area contributed by atoms with Crippen LogP contribution in [0.2, 0.25) is 0 Å². The predicted molar refractivity (Wildman–Crippen MR) is 88.2 cm³/mol. The minimum atomic E-state index is -5.69. The fourth-order valence-electron chi connectivity index (χ4n) is 2.29. The smallest absolute Gasteiger partial charge is 0.850 e. The zero-order valence-corrected chi connectivity index (χ0v) is 20.1. The number of ether oxygens (including phenoxy) is 1. The number of nitrogens with zero attached hydrogens (tertiary/aromatic N) is 1. The molecule has 0 amide bonds. The van der Waals surface area contributed by atoms with Crippen LogP contribution in [0.5, 0.6) is 0 Å². The summed E-state index contributed by atoms with van der Waals surface area (Å²) < 4.78 is 51.1. The van der Waals surface area contributed by atoms with Crippen molar-refractivity contribution in [3.05, 3.63) is 32.6 Å². The van der Waals surface area contributed by atoms with E-state index in [4.69, 9.17) is 19.4 Å². The molecule has 1 fully saturated rings. The summed E-state index contributed by atoms with van der Waals surface area (Å²) >= 11 is 0. The summed E-state index contributed by atoms with van der Waals surface area (Å²) in [6, 6.07) is 0. The largest absolute Gasteiger partial charge is 1.00 e. The van der Waals surface area contributed by atoms with Crippen LogP contribution in [-0.4, -0.2) is 47.9 Å². The van der Waals surface area contributed by atoms with Gasteiger partial charge in [-0.1, -0.05) is 6.10 Å². The zero-order chi connectivity index (χ0) is 22.2. The Hall–Kier alpha value is 0.01000. The number of aromatic amines is 1. The summed E-state index contributed by atoms with van der Waals surface area (Å²) in [6.45, 7) is 0.469. The molecule has 1 aromatic heterocycles. The number of aromatic nitrogens is 2. The van der Waals surface area contributed by atoms with Gasteiger partial charge in [-0.3, -0.25) is 18.9 Å². The van der Waals surface area contributed by atoms with Crippen molar-refractivity contribution in [2.75, 3.05) is 6.61 Å². The predicted octanol–water partition coefficient (Wildman–Crippen LogP) is -4.79. The minimum absolute atomic E-state index is 0. The first kappa shape index (κ1) is 28.0. The average Bonchev–Trinajstić information content (AvgIpc) is 2.86. The van der Waals surface area contributed by atoms with E-state index in [1.165, 1.54) is 6.92 Å². The first-order valence-electron chi connectivity index (χ1n) is 7.50. The molecular formula is C10H16N2NaO14P3. The van der Waals surface area contributed by atoms with Gasteiger partial charge >= 0.3 is 58.7 Å². The van der Waals surface area contributed by atoms with Gasteiger partial charge in [0.15, 0.2) is 0 Å². The Kier molecular flexibility index (Phi) is 9.63. The second-order valence-electron chi connectivity index (χ2n) is 5.77. The number of rotatable bonds is 8. The van der Waals surface area contributed by atoms with E-state index in [2.05, 4.69) is 13.1 Å². The maximum Gasteiger partial charge on any atom is 1.00 e. The molecule has 2 rings (SSSR count). The van der Waals surface area contributed by atoms with Crippen LogP contribution < -0.4 is 45.9 Å². The van der Waals surface area contributed by atoms with Crippen LogP contribution >= 0.6 is 23.5 Å². The molecule has 16 nitrogen and oxygen atoms in total. The van der Waals surface area contributed by atoms with Crippen LogP contribution in [0.1, 0.15) is 18.2 Å². The molecule has 0 saturated carbocycles. The maximum atomic E-state index is 12.1. The Morgan fingerprint density at radius 2 is 1.80 bits per heavy atom. The normalized spacial score (nSPS) is 25.9. The van der Waals surface area contributed by atoms with E-state index in [1.54, 1.807) is 0 Å². The standard InChI is InChI=1S/C10H16N2O14P3.Na/c1-5-3-12(10(15)11-9(5)14)8-2-6(13)7(24-8)4-23-28(19,20)26-29(21,22)25-27(16,17)18;/h3,6-8H,2,4H2,1H3,(H,19,20)(H,21,22)(H,11,14,15)(H2,16,17,18);/q-1;+1. The summed E-state index contributed by atoms with van der Waals surface area (Å²) in [5.41, 5.74) is -1.33. The van der Waals surface area contributed by atoms with E-state index in [9.17, 15) is 33.3 Å². The van der Waals surface area contributed by atoms with Crippen molar-refractivity contribution < 1.29 is 85.8 Å². The number of H-pyrrole nitrogens is 1. The Morgan fingerprint density at radius 3 is 2.37 bits per heavy atom. The van der Waals surface area contributed by atoms with Crippen LogP contribution in [0.3, 0.4) is 0 Å². The molecule has 2 heterocycles. The quantitative estimate of drug-likeness (QED) is 0.165. The molecule has 0 bridgehead atoms. The molecular weight excluding hydrogens is 488 g/mol. The van der Waals surface area contributed by atoms with Crippen molar-refractivity contribution >= 4 is 23.5 Å². The van der Waals surface area contributed by atoms with Crippen LogP contribution in [0, 0.1) is 6.92 Å². The summed E-state index contributed by atoms with van der Waals surface area (Å²) in [7, 11) is -16.6. The maximum absolute atomic E-state index is 12.1. The minimum Gasteiger partial charge on any atom is -0.850 e. The molecule has 20 heteroatoms. The third kappa shape index (κ3) is 8.17. The average molecular weight is 504 g/mol. The second kappa shape index (κ2) is 10.3. The molecule has 1 saturated heterocycles. The molecule has 1 aliphatic rings. The van der Waals surface area contributed by atoms with Gasteiger partial charge in [-0.25, -0.2) is 18.5 Å². The van der Waals surface area contributed by atoms with Gasteiger partial charge in [0.25, 0.3) is 5.56 Å². The van der Waals surface area contributed by atoms with Gasteiger partial charge in [0.2, 0.25) is 0 Å². The van der Waals surface area contributed by atoms with E-state index in [0.29, 0.717) is 0 Å². The molecule has 1 aromatic rings. The molecule has 5 unspecified atom stereocenters. The molecule has 5 N–H and O–H groups in total. The Labute approximate surface area is 189 Å². The van der Waals surface area contributed by atoms with E-state index in [1.807, 2.05) is 4.98 Å². The number of hydrogen-bond donors (Lipinski definition) is 5. The fourth-order valence-corrected chi connectivity index (χ4v) is 5.32. The van der Waals surface area contributed by atoms with Crippen molar-refractivity contribution in [2.45, 2.75) is 31.8 Å². The molecule has 30 heavy (non-hydrogen) atoms. The first-order chi connectivity index (χ1) is 13.1. The monoisotopic (exact) mass is 504 g/mol. The summed E-state index contributed by atoms with van der Waals surface area (Å²) in [5, 5.41) is 12.1. The fraction of sp³-hybridized carbons (Fsp3) is 0.600. The van der Waals surface area contributed by atoms with Gasteiger partial charge in [-0.2, -0.15) is 8.62 Å². The zero-order valence-electron chi connectivity index (χ0n) is 15.4. The van der Waals surface area contributed by atoms with Gasteiger partial charge in [-0.15, -0.1) is 0 Å². The Morgan fingerprint density at radius 1 is 1.20 bits per heavy atom. The van der Waals surface area contributed by atoms with Crippen LogP contribution in [0.25, 0.3) is 0 Å². The molecule has 0 aromatic carbocycles. The Bertz CT molecular complexity index is 1020. The summed E-state index contributed by atoms with van der Waals surface area (Å²) in [5.74, 6) is 0. The van der Waals surface area contributed by atoms with Crippen molar-refractivity contribution in [2.24, 2.45) is 0 Å². The number of phosphoric ester groups is 1. The second-order valence-corrected chi connectivity index (χ2v) is 10.2. The molecule has 0 aliphatic carbocycles. The van der Waals surface area contributed by atoms with Crippen LogP contribution in [-0.2, 0) is 31.6 Å². The third-order valence-electron chi connectivity index (χ3n) is 3.45.